The van der Waals surface area contributed by atoms with E-state index >= 15 is 0 Å². The van der Waals surface area contributed by atoms with Gasteiger partial charge in [-0.15, -0.1) is 0 Å². The second-order valence-corrected chi connectivity index (χ2v) is 5.29. The number of hydrogen-bond acceptors (Lipinski definition) is 1. The summed E-state index contributed by atoms with van der Waals surface area (Å²) in [5, 5.41) is 9.39. The highest BCUT2D eigenvalue weighted by atomic mass is 14.4. The zero-order valence-electron chi connectivity index (χ0n) is 10.5. The summed E-state index contributed by atoms with van der Waals surface area (Å²) in [6.45, 7) is 0. The summed E-state index contributed by atoms with van der Waals surface area (Å²) in [7, 11) is 0. The quantitative estimate of drug-likeness (QED) is 0.743. The molecule has 1 heteroatoms. The van der Waals surface area contributed by atoms with E-state index < -0.39 is 0 Å². The zero-order valence-corrected chi connectivity index (χ0v) is 10.5. The van der Waals surface area contributed by atoms with E-state index in [0.717, 1.165) is 32.1 Å². The minimum atomic E-state index is 0.00697. The van der Waals surface area contributed by atoms with Crippen LogP contribution in [-0.2, 0) is 6.42 Å². The molecule has 1 aliphatic carbocycles. The van der Waals surface area contributed by atoms with Gasteiger partial charge in [-0.2, -0.15) is 5.26 Å². The summed E-state index contributed by atoms with van der Waals surface area (Å²) in [5.74, 6) is 0. The van der Waals surface area contributed by atoms with Crippen LogP contribution in [0.15, 0.2) is 30.3 Å². The summed E-state index contributed by atoms with van der Waals surface area (Å²) in [5.41, 5.74) is 1.41. The van der Waals surface area contributed by atoms with Gasteiger partial charge in [0.15, 0.2) is 0 Å². The molecule has 0 amide bonds. The van der Waals surface area contributed by atoms with Crippen LogP contribution in [-0.4, -0.2) is 0 Å². The fraction of sp³-hybridized carbons (Fsp3) is 0.562. The van der Waals surface area contributed by atoms with Gasteiger partial charge >= 0.3 is 0 Å². The summed E-state index contributed by atoms with van der Waals surface area (Å²) >= 11 is 0. The average molecular weight is 227 g/mol. The van der Waals surface area contributed by atoms with Crippen molar-refractivity contribution < 1.29 is 0 Å². The van der Waals surface area contributed by atoms with Crippen LogP contribution in [0.2, 0.25) is 0 Å². The first kappa shape index (κ1) is 12.2. The molecule has 1 aromatic rings. The van der Waals surface area contributed by atoms with Crippen LogP contribution in [0.1, 0.15) is 50.5 Å². The molecule has 0 aliphatic heterocycles. The third kappa shape index (κ3) is 3.33. The third-order valence-electron chi connectivity index (χ3n) is 4.01. The van der Waals surface area contributed by atoms with Gasteiger partial charge < -0.3 is 0 Å². The second kappa shape index (κ2) is 5.87. The van der Waals surface area contributed by atoms with Gasteiger partial charge in [-0.1, -0.05) is 49.6 Å². The Hall–Kier alpha value is -1.29. The molecule has 0 N–H and O–H groups in total. The van der Waals surface area contributed by atoms with Gasteiger partial charge in [0.2, 0.25) is 0 Å². The third-order valence-corrected chi connectivity index (χ3v) is 4.01. The van der Waals surface area contributed by atoms with E-state index in [-0.39, 0.29) is 5.41 Å². The number of nitrogens with zero attached hydrogens (tertiary/aromatic N) is 1. The van der Waals surface area contributed by atoms with Crippen molar-refractivity contribution in [1.29, 1.82) is 5.26 Å². The minimum Gasteiger partial charge on any atom is -0.198 e. The van der Waals surface area contributed by atoms with E-state index in [2.05, 4.69) is 36.4 Å². The van der Waals surface area contributed by atoms with Gasteiger partial charge in [-0.05, 0) is 37.7 Å². The molecule has 0 spiro atoms. The maximum absolute atomic E-state index is 9.39. The van der Waals surface area contributed by atoms with Crippen molar-refractivity contribution in [2.75, 3.05) is 0 Å². The fourth-order valence-electron chi connectivity index (χ4n) is 2.92. The van der Waals surface area contributed by atoms with Crippen LogP contribution in [0.3, 0.4) is 0 Å². The van der Waals surface area contributed by atoms with Crippen LogP contribution < -0.4 is 0 Å². The highest BCUT2D eigenvalue weighted by molar-refractivity contribution is 5.14. The Labute approximate surface area is 104 Å². The molecule has 0 heterocycles. The van der Waals surface area contributed by atoms with Crippen molar-refractivity contribution in [3.8, 4) is 6.07 Å². The largest absolute Gasteiger partial charge is 0.198 e. The van der Waals surface area contributed by atoms with E-state index in [9.17, 15) is 5.26 Å². The molecule has 2 rings (SSSR count). The van der Waals surface area contributed by atoms with Crippen LogP contribution in [0, 0.1) is 16.7 Å². The van der Waals surface area contributed by atoms with E-state index in [1.54, 1.807) is 0 Å². The van der Waals surface area contributed by atoms with Gasteiger partial charge in [-0.25, -0.2) is 0 Å². The summed E-state index contributed by atoms with van der Waals surface area (Å²) in [6.07, 6.45) is 9.41. The summed E-state index contributed by atoms with van der Waals surface area (Å²) in [6, 6.07) is 13.2. The first-order chi connectivity index (χ1) is 8.35. The average Bonchev–Trinajstić information content (AvgIpc) is 2.41. The topological polar surface area (TPSA) is 23.8 Å². The highest BCUT2D eigenvalue weighted by Crippen LogP contribution is 2.39. The molecule has 1 saturated carbocycles. The highest BCUT2D eigenvalue weighted by Gasteiger charge is 2.31. The van der Waals surface area contributed by atoms with Gasteiger partial charge in [0.1, 0.15) is 0 Å². The Morgan fingerprint density at radius 2 is 1.76 bits per heavy atom. The molecule has 0 unspecified atom stereocenters. The molecule has 0 saturated heterocycles. The van der Waals surface area contributed by atoms with E-state index in [0.29, 0.717) is 0 Å². The summed E-state index contributed by atoms with van der Waals surface area (Å²) < 4.78 is 0. The van der Waals surface area contributed by atoms with Crippen molar-refractivity contribution in [1.82, 2.24) is 0 Å². The molecular weight excluding hydrogens is 206 g/mol. The van der Waals surface area contributed by atoms with Gasteiger partial charge in [0.25, 0.3) is 0 Å². The fourth-order valence-corrected chi connectivity index (χ4v) is 2.92. The van der Waals surface area contributed by atoms with Crippen LogP contribution in [0.4, 0.5) is 0 Å². The van der Waals surface area contributed by atoms with Crippen molar-refractivity contribution in [3.05, 3.63) is 35.9 Å². The second-order valence-electron chi connectivity index (χ2n) is 5.29. The molecule has 17 heavy (non-hydrogen) atoms. The lowest BCUT2D eigenvalue weighted by molar-refractivity contribution is 0.244. The van der Waals surface area contributed by atoms with Crippen molar-refractivity contribution in [2.45, 2.75) is 51.4 Å². The molecular formula is C16H21N. The molecule has 90 valence electrons. The number of benzene rings is 1. The smallest absolute Gasteiger partial charge is 0.0689 e. The first-order valence-electron chi connectivity index (χ1n) is 6.80. The molecule has 0 radical (unpaired) electrons. The molecule has 0 atom stereocenters. The molecule has 1 fully saturated rings. The lowest BCUT2D eigenvalue weighted by Crippen LogP contribution is -2.22. The Morgan fingerprint density at radius 3 is 2.41 bits per heavy atom. The van der Waals surface area contributed by atoms with Gasteiger partial charge in [0.05, 0.1) is 11.5 Å². The van der Waals surface area contributed by atoms with E-state index in [1.165, 1.54) is 24.8 Å². The SMILES string of the molecule is N#CC1(CCCc2ccccc2)CCCCC1. The van der Waals surface area contributed by atoms with Crippen LogP contribution in [0.25, 0.3) is 0 Å². The predicted octanol–water partition coefficient (Wildman–Crippen LogP) is 4.48. The van der Waals surface area contributed by atoms with E-state index in [1.807, 2.05) is 0 Å². The minimum absolute atomic E-state index is 0.00697. The lowest BCUT2D eigenvalue weighted by Gasteiger charge is -2.30. The van der Waals surface area contributed by atoms with Gasteiger partial charge in [-0.3, -0.25) is 0 Å². The van der Waals surface area contributed by atoms with Crippen molar-refractivity contribution >= 4 is 0 Å². The van der Waals surface area contributed by atoms with Gasteiger partial charge in [0, 0.05) is 0 Å². The maximum atomic E-state index is 9.39. The molecule has 1 nitrogen and oxygen atoms in total. The Kier molecular flexibility index (Phi) is 4.20. The number of hydrogen-bond donors (Lipinski definition) is 0. The Balaban J connectivity index is 1.83. The standard InChI is InChI=1S/C16H21N/c17-14-16(11-5-2-6-12-16)13-7-10-15-8-3-1-4-9-15/h1,3-4,8-9H,2,5-7,10-13H2. The lowest BCUT2D eigenvalue weighted by atomic mass is 9.72. The Morgan fingerprint density at radius 1 is 1.06 bits per heavy atom. The molecule has 1 aliphatic rings. The van der Waals surface area contributed by atoms with Crippen LogP contribution in [0.5, 0.6) is 0 Å². The van der Waals surface area contributed by atoms with Crippen molar-refractivity contribution in [3.63, 3.8) is 0 Å². The van der Waals surface area contributed by atoms with Crippen LogP contribution >= 0.6 is 0 Å². The number of rotatable bonds is 4. The first-order valence-corrected chi connectivity index (χ1v) is 6.80. The monoisotopic (exact) mass is 227 g/mol. The molecule has 1 aromatic carbocycles. The molecule has 0 aromatic heterocycles. The Bertz CT molecular complexity index is 368. The van der Waals surface area contributed by atoms with E-state index in [4.69, 9.17) is 0 Å². The summed E-state index contributed by atoms with van der Waals surface area (Å²) in [4.78, 5) is 0. The normalized spacial score (nSPS) is 18.5. The molecule has 0 bridgehead atoms. The van der Waals surface area contributed by atoms with Crippen molar-refractivity contribution in [2.24, 2.45) is 5.41 Å². The predicted molar refractivity (Wildman–Crippen MR) is 70.5 cm³/mol. The number of nitriles is 1. The zero-order chi connectivity index (χ0) is 12.0. The maximum Gasteiger partial charge on any atom is 0.0689 e. The number of aryl methyl sites for hydroxylation is 1.